The zero-order valence-corrected chi connectivity index (χ0v) is 27.7. The molecule has 1 aliphatic heterocycles. The summed E-state index contributed by atoms with van der Waals surface area (Å²) < 4.78 is 6.14. The molecule has 50 heavy (non-hydrogen) atoms. The Hall–Kier alpha value is -6.35. The van der Waals surface area contributed by atoms with E-state index in [2.05, 4.69) is 14.9 Å². The molecule has 1 unspecified atom stereocenters. The van der Waals surface area contributed by atoms with Crippen LogP contribution in [0.3, 0.4) is 0 Å². The molecule has 0 aliphatic carbocycles. The maximum atomic E-state index is 12.0. The Kier molecular flexibility index (Phi) is 10.2. The number of carbonyl (C=O) groups is 2. The van der Waals surface area contributed by atoms with Crippen molar-refractivity contribution in [2.45, 2.75) is 39.2 Å². The summed E-state index contributed by atoms with van der Waals surface area (Å²) in [6.07, 6.45) is 11.4. The van der Waals surface area contributed by atoms with Gasteiger partial charge in [0.05, 0.1) is 28.8 Å². The summed E-state index contributed by atoms with van der Waals surface area (Å²) in [4.78, 5) is 40.0. The van der Waals surface area contributed by atoms with E-state index in [1.54, 1.807) is 50.7 Å². The number of aliphatic imine (C=N–C) groups is 1. The predicted octanol–water partition coefficient (Wildman–Crippen LogP) is 9.37. The Morgan fingerprint density at radius 3 is 2.08 bits per heavy atom. The average molecular weight is 665 g/mol. The number of para-hydroxylation sites is 2. The second-order valence-electron chi connectivity index (χ2n) is 11.7. The highest BCUT2D eigenvalue weighted by Crippen LogP contribution is 2.38. The third-order valence-electron chi connectivity index (χ3n) is 8.38. The molecule has 5 aromatic rings. The number of furan rings is 1. The summed E-state index contributed by atoms with van der Waals surface area (Å²) in [7, 11) is 0. The first-order valence-corrected chi connectivity index (χ1v) is 16.4. The molecule has 4 heterocycles. The largest absolute Gasteiger partial charge is 0.478 e. The first-order valence-electron chi connectivity index (χ1n) is 16.4. The third-order valence-corrected chi connectivity index (χ3v) is 8.38. The zero-order chi connectivity index (χ0) is 35.0. The van der Waals surface area contributed by atoms with Crippen LogP contribution in [0.1, 0.15) is 56.1 Å². The van der Waals surface area contributed by atoms with Crippen molar-refractivity contribution in [2.24, 2.45) is 4.99 Å². The van der Waals surface area contributed by atoms with Gasteiger partial charge in [0.1, 0.15) is 12.0 Å². The number of rotatable bonds is 12. The van der Waals surface area contributed by atoms with Crippen molar-refractivity contribution in [3.05, 3.63) is 155 Å². The van der Waals surface area contributed by atoms with Gasteiger partial charge in [0.15, 0.2) is 0 Å². The number of pyridine rings is 2. The van der Waals surface area contributed by atoms with Crippen LogP contribution < -0.4 is 4.90 Å². The van der Waals surface area contributed by atoms with Gasteiger partial charge in [-0.1, -0.05) is 50.2 Å². The molecule has 0 saturated heterocycles. The smallest absolute Gasteiger partial charge is 0.331 e. The van der Waals surface area contributed by atoms with E-state index in [9.17, 15) is 19.8 Å². The van der Waals surface area contributed by atoms with Crippen LogP contribution in [-0.4, -0.2) is 37.8 Å². The number of hydrogen-bond donors (Lipinski definition) is 2. The van der Waals surface area contributed by atoms with Gasteiger partial charge in [0, 0.05) is 53.0 Å². The molecule has 0 radical (unpaired) electrons. The molecule has 0 spiro atoms. The van der Waals surface area contributed by atoms with E-state index in [1.165, 1.54) is 0 Å². The van der Waals surface area contributed by atoms with Crippen LogP contribution in [-0.2, 0) is 9.59 Å². The molecule has 1 atom stereocenters. The fourth-order valence-electron chi connectivity index (χ4n) is 5.83. The molecule has 0 fully saturated rings. The molecule has 9 heteroatoms. The standard InChI is InChI=1S/C41H36N4O5/c1-3-29(40(46)47)19-27-15-17-42-35(21-27)37-22-28(20-30(4-2)41(48)49)23-38(44-37)36-24-31(16-18-43-36)39-25-34(26-50-39)45(32-11-7-5-8-12-32)33-13-9-6-10-14-33/h5-21,23-26,37H,3-4,22H2,1-2H3,(H,46,47)(H,48,49)/b29-19+,30-20+. The fourth-order valence-corrected chi connectivity index (χ4v) is 5.83. The highest BCUT2D eigenvalue weighted by molar-refractivity contribution is 6.09. The van der Waals surface area contributed by atoms with E-state index in [0.29, 0.717) is 47.7 Å². The maximum Gasteiger partial charge on any atom is 0.331 e. The summed E-state index contributed by atoms with van der Waals surface area (Å²) in [6.45, 7) is 3.60. The van der Waals surface area contributed by atoms with Crippen LogP contribution in [0.25, 0.3) is 17.4 Å². The van der Waals surface area contributed by atoms with E-state index in [4.69, 9.17) is 9.41 Å². The van der Waals surface area contributed by atoms with Crippen molar-refractivity contribution in [1.82, 2.24) is 9.97 Å². The second-order valence-corrected chi connectivity index (χ2v) is 11.7. The molecular weight excluding hydrogens is 628 g/mol. The number of aromatic nitrogens is 2. The SMILES string of the molecule is CC/C(=C\C1=CC(c2cc(-c3cc(N(c4ccccc4)c4ccccc4)co3)ccn2)=NC(c2cc(/C=C(\CC)C(=O)O)ccn2)C1)C(=O)O. The van der Waals surface area contributed by atoms with Crippen molar-refractivity contribution >= 4 is 40.8 Å². The van der Waals surface area contributed by atoms with Gasteiger partial charge < -0.3 is 19.5 Å². The van der Waals surface area contributed by atoms with Gasteiger partial charge in [0.25, 0.3) is 0 Å². The lowest BCUT2D eigenvalue weighted by Gasteiger charge is -2.23. The number of hydrogen-bond acceptors (Lipinski definition) is 7. The summed E-state index contributed by atoms with van der Waals surface area (Å²) in [5, 5.41) is 19.3. The van der Waals surface area contributed by atoms with E-state index >= 15 is 0 Å². The summed E-state index contributed by atoms with van der Waals surface area (Å²) in [5.41, 5.74) is 7.46. The molecule has 9 nitrogen and oxygen atoms in total. The molecule has 6 rings (SSSR count). The zero-order valence-electron chi connectivity index (χ0n) is 27.7. The Morgan fingerprint density at radius 2 is 1.44 bits per heavy atom. The van der Waals surface area contributed by atoms with Gasteiger partial charge in [0.2, 0.25) is 0 Å². The molecule has 0 amide bonds. The Morgan fingerprint density at radius 1 is 0.800 bits per heavy atom. The average Bonchev–Trinajstić information content (AvgIpc) is 3.63. The summed E-state index contributed by atoms with van der Waals surface area (Å²) in [6, 6.07) is 29.0. The topological polar surface area (TPSA) is 129 Å². The van der Waals surface area contributed by atoms with Gasteiger partial charge in [-0.25, -0.2) is 9.59 Å². The van der Waals surface area contributed by atoms with Gasteiger partial charge in [-0.15, -0.1) is 0 Å². The highest BCUT2D eigenvalue weighted by Gasteiger charge is 2.23. The lowest BCUT2D eigenvalue weighted by Crippen LogP contribution is -2.13. The molecule has 250 valence electrons. The Balaban J connectivity index is 1.38. The molecule has 0 saturated carbocycles. The predicted molar refractivity (Wildman–Crippen MR) is 195 cm³/mol. The first kappa shape index (κ1) is 33.5. The minimum absolute atomic E-state index is 0.279. The molecule has 0 bridgehead atoms. The van der Waals surface area contributed by atoms with E-state index < -0.39 is 18.0 Å². The second kappa shape index (κ2) is 15.3. The van der Waals surface area contributed by atoms with Gasteiger partial charge in [-0.2, -0.15) is 0 Å². The van der Waals surface area contributed by atoms with Crippen LogP contribution in [0.4, 0.5) is 17.1 Å². The number of nitrogens with zero attached hydrogens (tertiary/aromatic N) is 4. The summed E-state index contributed by atoms with van der Waals surface area (Å²) >= 11 is 0. The van der Waals surface area contributed by atoms with Crippen LogP contribution >= 0.6 is 0 Å². The van der Waals surface area contributed by atoms with Crippen molar-refractivity contribution in [3.8, 4) is 11.3 Å². The van der Waals surface area contributed by atoms with Crippen LogP contribution in [0.2, 0.25) is 0 Å². The Bertz CT molecular complexity index is 2090. The molecule has 2 aromatic carbocycles. The van der Waals surface area contributed by atoms with E-state index in [1.807, 2.05) is 91.0 Å². The number of allylic oxidation sites excluding steroid dienone is 2. The van der Waals surface area contributed by atoms with Crippen molar-refractivity contribution in [1.29, 1.82) is 0 Å². The monoisotopic (exact) mass is 664 g/mol. The third kappa shape index (κ3) is 7.68. The summed E-state index contributed by atoms with van der Waals surface area (Å²) in [5.74, 6) is -1.31. The van der Waals surface area contributed by atoms with Crippen molar-refractivity contribution in [3.63, 3.8) is 0 Å². The number of anilines is 3. The van der Waals surface area contributed by atoms with Crippen LogP contribution in [0, 0.1) is 0 Å². The normalized spacial score (nSPS) is 14.9. The van der Waals surface area contributed by atoms with Crippen LogP contribution in [0.5, 0.6) is 0 Å². The minimum atomic E-state index is -0.978. The first-order chi connectivity index (χ1) is 24.3. The lowest BCUT2D eigenvalue weighted by atomic mass is 9.94. The molecule has 2 N–H and O–H groups in total. The molecule has 3 aromatic heterocycles. The lowest BCUT2D eigenvalue weighted by molar-refractivity contribution is -0.133. The maximum absolute atomic E-state index is 12.0. The number of carboxylic acid groups (broad SMARTS) is 2. The van der Waals surface area contributed by atoms with E-state index in [0.717, 1.165) is 28.2 Å². The van der Waals surface area contributed by atoms with Crippen LogP contribution in [0.15, 0.2) is 148 Å². The number of aliphatic carboxylic acids is 2. The number of dihydropyridines is 1. The Labute approximate surface area is 290 Å². The fraction of sp³-hybridized carbons (Fsp3) is 0.146. The number of benzene rings is 2. The van der Waals surface area contributed by atoms with Crippen molar-refractivity contribution < 1.29 is 24.2 Å². The molecule has 1 aliphatic rings. The van der Waals surface area contributed by atoms with Crippen molar-refractivity contribution in [2.75, 3.05) is 4.90 Å². The van der Waals surface area contributed by atoms with E-state index in [-0.39, 0.29) is 11.1 Å². The minimum Gasteiger partial charge on any atom is -0.478 e. The highest BCUT2D eigenvalue weighted by atomic mass is 16.4. The molecular formula is C41H36N4O5. The number of carboxylic acids is 2. The quantitative estimate of drug-likeness (QED) is 0.126. The van der Waals surface area contributed by atoms with Gasteiger partial charge in [-0.3, -0.25) is 15.0 Å². The van der Waals surface area contributed by atoms with Gasteiger partial charge >= 0.3 is 11.9 Å². The van der Waals surface area contributed by atoms with Gasteiger partial charge in [-0.05, 0) is 90.7 Å².